The lowest BCUT2D eigenvalue weighted by molar-refractivity contribution is 0.0862. The van der Waals surface area contributed by atoms with Gasteiger partial charge in [-0.1, -0.05) is 12.8 Å². The molecule has 0 radical (unpaired) electrons. The Labute approximate surface area is 128 Å². The Hall–Kier alpha value is -1.13. The molecule has 0 aliphatic carbocycles. The van der Waals surface area contributed by atoms with Gasteiger partial charge in [-0.2, -0.15) is 0 Å². The first-order valence-corrected chi connectivity index (χ1v) is 8.01. The molecular formula is C17H29N3O. The van der Waals surface area contributed by atoms with Gasteiger partial charge in [0.1, 0.15) is 5.75 Å². The molecule has 0 spiro atoms. The smallest absolute Gasteiger partial charge is 0.137 e. The van der Waals surface area contributed by atoms with Gasteiger partial charge in [0.25, 0.3) is 0 Å². The van der Waals surface area contributed by atoms with E-state index in [4.69, 9.17) is 4.74 Å². The van der Waals surface area contributed by atoms with Gasteiger partial charge in [-0.25, -0.2) is 0 Å². The summed E-state index contributed by atoms with van der Waals surface area (Å²) < 4.78 is 5.32. The Bertz CT molecular complexity index is 439. The number of methoxy groups -OCH3 is 1. The summed E-state index contributed by atoms with van der Waals surface area (Å²) in [4.78, 5) is 6.94. The molecule has 118 valence electrons. The molecule has 1 atom stereocenters. The number of pyridine rings is 1. The second kappa shape index (κ2) is 7.23. The van der Waals surface area contributed by atoms with E-state index in [0.717, 1.165) is 5.75 Å². The summed E-state index contributed by atoms with van der Waals surface area (Å²) in [5.74, 6) is 0.819. The molecule has 1 N–H and O–H groups in total. The third-order valence-electron chi connectivity index (χ3n) is 4.72. The maximum absolute atomic E-state index is 5.32. The maximum atomic E-state index is 5.32. The lowest BCUT2D eigenvalue weighted by Gasteiger charge is -2.44. The highest BCUT2D eigenvalue weighted by Crippen LogP contribution is 2.33. The van der Waals surface area contributed by atoms with Gasteiger partial charge in [0, 0.05) is 11.7 Å². The molecular weight excluding hydrogens is 262 g/mol. The standard InChI is InChI=1S/C17H29N3O/c1-17(2,20-9-7-5-6-8-10-20)16(18-3)14-11-15(21-4)13-19-12-14/h11-13,16,18H,5-10H2,1-4H3. The van der Waals surface area contributed by atoms with E-state index in [1.807, 2.05) is 13.2 Å². The minimum Gasteiger partial charge on any atom is -0.495 e. The highest BCUT2D eigenvalue weighted by atomic mass is 16.5. The Morgan fingerprint density at radius 1 is 1.19 bits per heavy atom. The zero-order valence-electron chi connectivity index (χ0n) is 13.9. The van der Waals surface area contributed by atoms with Crippen LogP contribution in [0, 0.1) is 0 Å². The largest absolute Gasteiger partial charge is 0.495 e. The molecule has 2 heterocycles. The Kier molecular flexibility index (Phi) is 5.59. The topological polar surface area (TPSA) is 37.4 Å². The van der Waals surface area contributed by atoms with Crippen LogP contribution in [0.1, 0.15) is 51.1 Å². The summed E-state index contributed by atoms with van der Waals surface area (Å²) in [6.45, 7) is 7.03. The van der Waals surface area contributed by atoms with Crippen molar-refractivity contribution < 1.29 is 4.74 Å². The van der Waals surface area contributed by atoms with Crippen molar-refractivity contribution in [1.82, 2.24) is 15.2 Å². The van der Waals surface area contributed by atoms with Gasteiger partial charge >= 0.3 is 0 Å². The van der Waals surface area contributed by atoms with Crippen LogP contribution in [0.25, 0.3) is 0 Å². The molecule has 21 heavy (non-hydrogen) atoms. The van der Waals surface area contributed by atoms with Crippen molar-refractivity contribution in [3.63, 3.8) is 0 Å². The molecule has 0 bridgehead atoms. The Morgan fingerprint density at radius 3 is 2.43 bits per heavy atom. The van der Waals surface area contributed by atoms with Gasteiger partial charge in [-0.05, 0) is 58.5 Å². The van der Waals surface area contributed by atoms with E-state index >= 15 is 0 Å². The van der Waals surface area contributed by atoms with E-state index in [9.17, 15) is 0 Å². The van der Waals surface area contributed by atoms with Crippen molar-refractivity contribution in [1.29, 1.82) is 0 Å². The van der Waals surface area contributed by atoms with Crippen molar-refractivity contribution in [3.8, 4) is 5.75 Å². The minimum atomic E-state index is 0.0487. The Balaban J connectivity index is 2.24. The van der Waals surface area contributed by atoms with Crippen molar-refractivity contribution in [3.05, 3.63) is 24.0 Å². The summed E-state index contributed by atoms with van der Waals surface area (Å²) in [6.07, 6.45) is 9.03. The van der Waals surface area contributed by atoms with Gasteiger partial charge in [0.15, 0.2) is 0 Å². The van der Waals surface area contributed by atoms with Crippen molar-refractivity contribution >= 4 is 0 Å². The molecule has 0 amide bonds. The number of hydrogen-bond acceptors (Lipinski definition) is 4. The van der Waals surface area contributed by atoms with E-state index in [-0.39, 0.29) is 11.6 Å². The van der Waals surface area contributed by atoms with Crippen LogP contribution in [-0.4, -0.2) is 42.7 Å². The molecule has 1 aromatic rings. The molecule has 1 aromatic heterocycles. The monoisotopic (exact) mass is 291 g/mol. The molecule has 0 saturated carbocycles. The van der Waals surface area contributed by atoms with Crippen LogP contribution in [0.5, 0.6) is 5.75 Å². The number of likely N-dealkylation sites (N-methyl/N-ethyl adjacent to an activating group) is 1. The zero-order chi connectivity index (χ0) is 15.3. The first-order chi connectivity index (χ1) is 10.1. The van der Waals surface area contributed by atoms with E-state index in [1.165, 1.54) is 44.3 Å². The van der Waals surface area contributed by atoms with E-state index < -0.39 is 0 Å². The quantitative estimate of drug-likeness (QED) is 0.905. The first-order valence-electron chi connectivity index (χ1n) is 8.01. The van der Waals surface area contributed by atoms with Gasteiger partial charge < -0.3 is 10.1 Å². The summed E-state index contributed by atoms with van der Waals surface area (Å²) >= 11 is 0. The van der Waals surface area contributed by atoms with E-state index in [1.54, 1.807) is 13.3 Å². The molecule has 1 saturated heterocycles. The van der Waals surface area contributed by atoms with Gasteiger partial charge in [-0.3, -0.25) is 9.88 Å². The molecule has 1 aliphatic heterocycles. The van der Waals surface area contributed by atoms with Crippen LogP contribution in [-0.2, 0) is 0 Å². The zero-order valence-corrected chi connectivity index (χ0v) is 13.9. The summed E-state index contributed by atoms with van der Waals surface area (Å²) in [5.41, 5.74) is 1.23. The highest BCUT2D eigenvalue weighted by Gasteiger charge is 2.36. The van der Waals surface area contributed by atoms with Crippen LogP contribution >= 0.6 is 0 Å². The van der Waals surface area contributed by atoms with Crippen molar-refractivity contribution in [2.45, 2.75) is 51.1 Å². The average molecular weight is 291 g/mol. The lowest BCUT2D eigenvalue weighted by atomic mass is 9.87. The second-order valence-electron chi connectivity index (χ2n) is 6.43. The number of hydrogen-bond donors (Lipinski definition) is 1. The number of likely N-dealkylation sites (tertiary alicyclic amines) is 1. The predicted molar refractivity (Wildman–Crippen MR) is 86.7 cm³/mol. The molecule has 2 rings (SSSR count). The van der Waals surface area contributed by atoms with Gasteiger partial charge in [0.2, 0.25) is 0 Å². The van der Waals surface area contributed by atoms with Crippen molar-refractivity contribution in [2.75, 3.05) is 27.2 Å². The first kappa shape index (κ1) is 16.2. The normalized spacial score (nSPS) is 19.0. The fraction of sp³-hybridized carbons (Fsp3) is 0.706. The van der Waals surface area contributed by atoms with Crippen LogP contribution in [0.2, 0.25) is 0 Å². The number of ether oxygens (including phenoxy) is 1. The molecule has 1 aliphatic rings. The van der Waals surface area contributed by atoms with Gasteiger partial charge in [-0.15, -0.1) is 0 Å². The van der Waals surface area contributed by atoms with Crippen molar-refractivity contribution in [2.24, 2.45) is 0 Å². The average Bonchev–Trinajstić information content (AvgIpc) is 2.77. The fourth-order valence-corrected chi connectivity index (χ4v) is 3.46. The van der Waals surface area contributed by atoms with Crippen LogP contribution in [0.3, 0.4) is 0 Å². The lowest BCUT2D eigenvalue weighted by Crippen LogP contribution is -2.52. The van der Waals surface area contributed by atoms with Crippen LogP contribution in [0.15, 0.2) is 18.5 Å². The maximum Gasteiger partial charge on any atom is 0.137 e. The second-order valence-corrected chi connectivity index (χ2v) is 6.43. The summed E-state index contributed by atoms with van der Waals surface area (Å²) in [6, 6.07) is 2.33. The minimum absolute atomic E-state index is 0.0487. The van der Waals surface area contributed by atoms with Crippen LogP contribution < -0.4 is 10.1 Å². The van der Waals surface area contributed by atoms with Gasteiger partial charge in [0.05, 0.1) is 19.3 Å². The summed E-state index contributed by atoms with van der Waals surface area (Å²) in [5, 5.41) is 3.49. The molecule has 0 aromatic carbocycles. The fourth-order valence-electron chi connectivity index (χ4n) is 3.46. The molecule has 1 fully saturated rings. The highest BCUT2D eigenvalue weighted by molar-refractivity contribution is 5.28. The number of nitrogens with one attached hydrogen (secondary N) is 1. The number of aromatic nitrogens is 1. The summed E-state index contributed by atoms with van der Waals surface area (Å²) in [7, 11) is 3.72. The SMILES string of the molecule is CNC(c1cncc(OC)c1)C(C)(C)N1CCCCCC1. The Morgan fingerprint density at radius 2 is 1.86 bits per heavy atom. The third kappa shape index (κ3) is 3.74. The third-order valence-corrected chi connectivity index (χ3v) is 4.72. The molecule has 4 heteroatoms. The number of nitrogens with zero attached hydrogens (tertiary/aromatic N) is 2. The predicted octanol–water partition coefficient (Wildman–Crippen LogP) is 3.01. The van der Waals surface area contributed by atoms with Crippen LogP contribution in [0.4, 0.5) is 0 Å². The number of rotatable bonds is 5. The molecule has 4 nitrogen and oxygen atoms in total. The van der Waals surface area contributed by atoms with E-state index in [0.29, 0.717) is 0 Å². The van der Waals surface area contributed by atoms with E-state index in [2.05, 4.69) is 35.1 Å². The molecule has 1 unspecified atom stereocenters.